The van der Waals surface area contributed by atoms with Crippen LogP contribution < -0.4 is 23.8 Å². The number of para-hydroxylation sites is 4. The largest absolute Gasteiger partial charge is 0.497 e. The third kappa shape index (κ3) is 8.23. The summed E-state index contributed by atoms with van der Waals surface area (Å²) in [6.45, 7) is 11.3. The first-order chi connectivity index (χ1) is 31.2. The Labute approximate surface area is 380 Å². The molecule has 322 valence electrons. The lowest BCUT2D eigenvalue weighted by Crippen LogP contribution is -2.28. The molecule has 64 heavy (non-hydrogen) atoms. The zero-order valence-electron chi connectivity index (χ0n) is 38.2. The van der Waals surface area contributed by atoms with E-state index in [0.717, 1.165) is 61.6 Å². The molecule has 0 N–H and O–H groups in total. The van der Waals surface area contributed by atoms with Crippen LogP contribution in [0.1, 0.15) is 62.8 Å². The fourth-order valence-electron chi connectivity index (χ4n) is 10.1. The highest BCUT2D eigenvalue weighted by molar-refractivity contribution is 6.17. The molecule has 1 saturated carbocycles. The van der Waals surface area contributed by atoms with E-state index >= 15 is 0 Å². The van der Waals surface area contributed by atoms with E-state index in [-0.39, 0.29) is 10.8 Å². The number of rotatable bonds is 12. The molecule has 5 heteroatoms. The maximum absolute atomic E-state index is 5.46. The topological polar surface area (TPSA) is 28.0 Å². The molecule has 5 nitrogen and oxygen atoms in total. The number of benzene rings is 6. The van der Waals surface area contributed by atoms with Gasteiger partial charge in [-0.2, -0.15) is 4.58 Å². The van der Waals surface area contributed by atoms with E-state index in [9.17, 15) is 0 Å². The molecule has 0 spiro atoms. The van der Waals surface area contributed by atoms with Gasteiger partial charge in [0.25, 0.3) is 0 Å². The standard InChI is InChI=1S/C59H60N3O2/c1-58(2)51-21-13-15-23-53(51)60(41-39-43-25-33-49(63-5)34-26-43)55(58)37-31-45-29-30-46(57(45)62(47-17-9-7-10-18-47)48-19-11-8-12-20-48)32-38-56-59(3,4)52-22-14-16-24-54(52)61(56)42-40-44-27-35-50(64-6)36-28-44/h7-28,31-38H,29-30,39-42H2,1-6H3/q+1. The predicted octanol–water partition coefficient (Wildman–Crippen LogP) is 13.5. The lowest BCUT2D eigenvalue weighted by atomic mass is 9.83. The van der Waals surface area contributed by atoms with E-state index < -0.39 is 0 Å². The summed E-state index contributed by atoms with van der Waals surface area (Å²) in [6, 6.07) is 56.7. The van der Waals surface area contributed by atoms with Gasteiger partial charge in [0.1, 0.15) is 11.5 Å². The Morgan fingerprint density at radius 2 is 0.844 bits per heavy atom. The highest BCUT2D eigenvalue weighted by atomic mass is 16.5. The first-order valence-corrected chi connectivity index (χ1v) is 22.8. The van der Waals surface area contributed by atoms with Crippen LogP contribution in [-0.4, -0.2) is 33.0 Å². The molecule has 6 aromatic rings. The molecule has 0 amide bonds. The summed E-state index contributed by atoms with van der Waals surface area (Å²) in [4.78, 5) is 5.11. The average Bonchev–Trinajstić information content (AvgIpc) is 3.90. The molecule has 2 aliphatic heterocycles. The number of methoxy groups -OCH3 is 2. The van der Waals surface area contributed by atoms with E-state index in [1.165, 1.54) is 61.9 Å². The Bertz CT molecular complexity index is 2580. The van der Waals surface area contributed by atoms with Crippen molar-refractivity contribution in [1.82, 2.24) is 4.58 Å². The minimum absolute atomic E-state index is 0.174. The second-order valence-electron chi connectivity index (χ2n) is 18.1. The zero-order valence-corrected chi connectivity index (χ0v) is 38.2. The normalized spacial score (nSPS) is 18.6. The lowest BCUT2D eigenvalue weighted by molar-refractivity contribution is 0.414. The van der Waals surface area contributed by atoms with Crippen LogP contribution in [0.25, 0.3) is 0 Å². The van der Waals surface area contributed by atoms with Crippen LogP contribution in [0.2, 0.25) is 0 Å². The first-order valence-electron chi connectivity index (χ1n) is 22.8. The number of ether oxygens (including phenoxy) is 2. The van der Waals surface area contributed by atoms with Gasteiger partial charge in [-0.15, -0.1) is 0 Å². The van der Waals surface area contributed by atoms with Crippen molar-refractivity contribution in [3.63, 3.8) is 0 Å². The van der Waals surface area contributed by atoms with E-state index in [1.54, 1.807) is 14.2 Å². The van der Waals surface area contributed by atoms with Crippen molar-refractivity contribution in [3.8, 4) is 11.5 Å². The van der Waals surface area contributed by atoms with Crippen LogP contribution in [0.4, 0.5) is 22.7 Å². The summed E-state index contributed by atoms with van der Waals surface area (Å²) < 4.78 is 13.4. The number of anilines is 2. The van der Waals surface area contributed by atoms with Crippen molar-refractivity contribution in [2.24, 2.45) is 0 Å². The van der Waals surface area contributed by atoms with Crippen molar-refractivity contribution >= 4 is 28.5 Å². The number of allylic oxidation sites excluding steroid dienone is 8. The van der Waals surface area contributed by atoms with E-state index in [0.29, 0.717) is 0 Å². The Hall–Kier alpha value is -6.85. The number of fused-ring (bicyclic) bond motifs is 2. The van der Waals surface area contributed by atoms with Crippen LogP contribution in [-0.2, 0) is 23.7 Å². The molecule has 0 bridgehead atoms. The second-order valence-corrected chi connectivity index (χ2v) is 18.1. The molecule has 1 fully saturated rings. The molecule has 9 rings (SSSR count). The Balaban J connectivity index is 1.15. The quantitative estimate of drug-likeness (QED) is 0.115. The maximum Gasteiger partial charge on any atom is 0.218 e. The van der Waals surface area contributed by atoms with Crippen LogP contribution in [0.5, 0.6) is 11.5 Å². The lowest BCUT2D eigenvalue weighted by Gasteiger charge is -2.27. The van der Waals surface area contributed by atoms with Gasteiger partial charge in [-0.1, -0.05) is 137 Å². The minimum Gasteiger partial charge on any atom is -0.497 e. The molecule has 6 aromatic carbocycles. The van der Waals surface area contributed by atoms with Gasteiger partial charge < -0.3 is 19.3 Å². The fourth-order valence-corrected chi connectivity index (χ4v) is 10.1. The molecule has 0 saturated heterocycles. The van der Waals surface area contributed by atoms with Gasteiger partial charge in [-0.25, -0.2) is 0 Å². The summed E-state index contributed by atoms with van der Waals surface area (Å²) in [5, 5.41) is 0. The van der Waals surface area contributed by atoms with E-state index in [2.05, 4.69) is 224 Å². The number of hydrogen-bond acceptors (Lipinski definition) is 4. The highest BCUT2D eigenvalue weighted by Gasteiger charge is 2.41. The van der Waals surface area contributed by atoms with E-state index in [4.69, 9.17) is 9.47 Å². The molecule has 0 radical (unpaired) electrons. The van der Waals surface area contributed by atoms with Crippen LogP contribution in [0.3, 0.4) is 0 Å². The van der Waals surface area contributed by atoms with Crippen molar-refractivity contribution in [2.45, 2.75) is 64.2 Å². The fraction of sp³-hybridized carbons (Fsp3) is 0.237. The second kappa shape index (κ2) is 18.1. The average molecular weight is 843 g/mol. The molecule has 0 unspecified atom stereocenters. The highest BCUT2D eigenvalue weighted by Crippen LogP contribution is 2.49. The molecule has 2 heterocycles. The third-order valence-electron chi connectivity index (χ3n) is 13.6. The Kier molecular flexibility index (Phi) is 12.0. The van der Waals surface area contributed by atoms with Gasteiger partial charge in [0, 0.05) is 82.1 Å². The predicted molar refractivity (Wildman–Crippen MR) is 268 cm³/mol. The van der Waals surface area contributed by atoms with Gasteiger partial charge in [-0.3, -0.25) is 0 Å². The van der Waals surface area contributed by atoms with Crippen molar-refractivity contribution < 1.29 is 9.47 Å². The first kappa shape index (κ1) is 42.5. The van der Waals surface area contributed by atoms with Gasteiger partial charge in [0.05, 0.1) is 14.2 Å². The van der Waals surface area contributed by atoms with Gasteiger partial charge >= 0.3 is 0 Å². The molecule has 1 aliphatic carbocycles. The Morgan fingerprint density at radius 3 is 1.23 bits per heavy atom. The maximum atomic E-state index is 5.46. The van der Waals surface area contributed by atoms with Gasteiger partial charge in [0.15, 0.2) is 0 Å². The summed E-state index contributed by atoms with van der Waals surface area (Å²) in [5.74, 6) is 1.77. The smallest absolute Gasteiger partial charge is 0.218 e. The molecule has 0 atom stereocenters. The van der Waals surface area contributed by atoms with Gasteiger partial charge in [0.2, 0.25) is 17.1 Å². The van der Waals surface area contributed by atoms with Crippen LogP contribution in [0, 0.1) is 0 Å². The van der Waals surface area contributed by atoms with Crippen molar-refractivity contribution in [3.05, 3.63) is 227 Å². The number of nitrogens with zero attached hydrogens (tertiary/aromatic N) is 3. The summed E-state index contributed by atoms with van der Waals surface area (Å²) in [6.07, 6.45) is 13.4. The third-order valence-corrected chi connectivity index (χ3v) is 13.6. The monoisotopic (exact) mass is 842 g/mol. The summed E-state index contributed by atoms with van der Waals surface area (Å²) in [5.41, 5.74) is 16.4. The van der Waals surface area contributed by atoms with Crippen LogP contribution in [0.15, 0.2) is 205 Å². The molecule has 0 aromatic heterocycles. The SMILES string of the molecule is COc1ccc(CCN2C(=C/C=C3\CC/C(=C\C=C4N(CCc5ccc(OC)cc5)c5ccccc5C4(C)C)C3=[N+](c3ccccc3)c3ccccc3)C(C)(C)c3ccccc32)cc1. The number of hydrogen-bond donors (Lipinski definition) is 0. The van der Waals surface area contributed by atoms with Gasteiger partial charge in [-0.05, 0) is 96.5 Å². The molecule has 3 aliphatic rings. The summed E-state index contributed by atoms with van der Waals surface area (Å²) in [7, 11) is 3.45. The molecular formula is C59H60N3O2+. The molecular weight excluding hydrogens is 783 g/mol. The van der Waals surface area contributed by atoms with Crippen LogP contribution >= 0.6 is 0 Å². The van der Waals surface area contributed by atoms with Crippen molar-refractivity contribution in [1.29, 1.82) is 0 Å². The van der Waals surface area contributed by atoms with E-state index in [1.807, 2.05) is 0 Å². The zero-order chi connectivity index (χ0) is 44.3. The minimum atomic E-state index is -0.174. The Morgan fingerprint density at radius 1 is 0.469 bits per heavy atom. The summed E-state index contributed by atoms with van der Waals surface area (Å²) >= 11 is 0. The van der Waals surface area contributed by atoms with Crippen molar-refractivity contribution in [2.75, 3.05) is 37.1 Å².